The van der Waals surface area contributed by atoms with Crippen LogP contribution >= 0.6 is 11.6 Å². The van der Waals surface area contributed by atoms with E-state index >= 15 is 0 Å². The van der Waals surface area contributed by atoms with Crippen LogP contribution in [0.15, 0.2) is 77.9 Å². The number of fused-ring (bicyclic) bond motifs is 1. The van der Waals surface area contributed by atoms with Crippen molar-refractivity contribution in [3.63, 3.8) is 0 Å². The van der Waals surface area contributed by atoms with Crippen LogP contribution in [0.5, 0.6) is 5.75 Å². The summed E-state index contributed by atoms with van der Waals surface area (Å²) in [5.41, 5.74) is 3.25. The van der Waals surface area contributed by atoms with Gasteiger partial charge in [-0.05, 0) is 48.9 Å². The van der Waals surface area contributed by atoms with E-state index < -0.39 is 6.17 Å². The molecule has 3 aromatic rings. The minimum absolute atomic E-state index is 0.115. The predicted molar refractivity (Wildman–Crippen MR) is 111 cm³/mol. The van der Waals surface area contributed by atoms with Gasteiger partial charge in [-0.1, -0.05) is 48.0 Å². The number of amides is 1. The third kappa shape index (κ3) is 3.32. The quantitative estimate of drug-likeness (QED) is 0.615. The number of nitrogens with zero attached hydrogens (tertiary/aromatic N) is 2. The topological polar surface area (TPSA) is 64.9 Å². The predicted octanol–water partition coefficient (Wildman–Crippen LogP) is 5.04. The summed E-state index contributed by atoms with van der Waals surface area (Å²) in [4.78, 5) is 13.2. The molecule has 0 bridgehead atoms. The summed E-state index contributed by atoms with van der Waals surface area (Å²) < 4.78 is 0. The minimum atomic E-state index is -0.500. The first-order valence-electron chi connectivity index (χ1n) is 8.83. The van der Waals surface area contributed by atoms with Gasteiger partial charge in [0.15, 0.2) is 6.17 Å². The Bertz CT molecular complexity index is 1060. The molecule has 0 saturated carbocycles. The second-order valence-electron chi connectivity index (χ2n) is 6.50. The van der Waals surface area contributed by atoms with Crippen molar-refractivity contribution in [2.75, 3.05) is 5.32 Å². The number of hydrogen-bond donors (Lipinski definition) is 2. The fourth-order valence-corrected chi connectivity index (χ4v) is 3.34. The van der Waals surface area contributed by atoms with Gasteiger partial charge in [0.25, 0.3) is 5.91 Å². The number of phenols is 1. The van der Waals surface area contributed by atoms with Gasteiger partial charge in [0.05, 0.1) is 11.3 Å². The number of carbonyl (C=O) groups excluding carboxylic acids is 1. The third-order valence-electron chi connectivity index (χ3n) is 4.64. The lowest BCUT2D eigenvalue weighted by Crippen LogP contribution is -2.40. The Morgan fingerprint density at radius 2 is 1.71 bits per heavy atom. The maximum atomic E-state index is 13.2. The molecule has 0 saturated heterocycles. The molecule has 1 heterocycles. The van der Waals surface area contributed by atoms with Crippen molar-refractivity contribution >= 4 is 28.9 Å². The number of phenolic OH excluding ortho intramolecular Hbond substituents is 1. The van der Waals surface area contributed by atoms with Gasteiger partial charge in [-0.25, -0.2) is 5.01 Å². The standard InChI is InChI=1S/C22H18ClN3O2/c1-14(17-6-3-5-9-20(17)27)25-26-21(15-10-12-16(23)13-11-15)24-19-8-4-2-7-18(19)22(26)28/h2-13,21,24,27H,1H3. The first kappa shape index (κ1) is 18.1. The number of benzene rings is 3. The largest absolute Gasteiger partial charge is 0.507 e. The van der Waals surface area contributed by atoms with Gasteiger partial charge in [0, 0.05) is 16.3 Å². The Hall–Kier alpha value is -3.31. The number of nitrogens with one attached hydrogen (secondary N) is 1. The summed E-state index contributed by atoms with van der Waals surface area (Å²) in [5, 5.41) is 20.1. The molecule has 0 spiro atoms. The van der Waals surface area contributed by atoms with Crippen LogP contribution in [0.3, 0.4) is 0 Å². The van der Waals surface area contributed by atoms with Crippen LogP contribution in [-0.2, 0) is 0 Å². The Morgan fingerprint density at radius 3 is 2.46 bits per heavy atom. The van der Waals surface area contributed by atoms with Crippen LogP contribution in [-0.4, -0.2) is 21.7 Å². The number of hydrogen-bond acceptors (Lipinski definition) is 4. The molecular formula is C22H18ClN3O2. The molecule has 1 atom stereocenters. The van der Waals surface area contributed by atoms with E-state index in [0.717, 1.165) is 11.3 Å². The molecule has 0 fully saturated rings. The van der Waals surface area contributed by atoms with E-state index in [0.29, 0.717) is 21.9 Å². The maximum Gasteiger partial charge on any atom is 0.278 e. The van der Waals surface area contributed by atoms with Crippen molar-refractivity contribution in [1.29, 1.82) is 0 Å². The van der Waals surface area contributed by atoms with E-state index in [1.165, 1.54) is 5.01 Å². The maximum absolute atomic E-state index is 13.2. The lowest BCUT2D eigenvalue weighted by molar-refractivity contribution is 0.0689. The van der Waals surface area contributed by atoms with E-state index in [9.17, 15) is 9.90 Å². The molecule has 1 unspecified atom stereocenters. The molecule has 1 aliphatic heterocycles. The van der Waals surface area contributed by atoms with Gasteiger partial charge >= 0.3 is 0 Å². The second kappa shape index (κ2) is 7.37. The lowest BCUT2D eigenvalue weighted by atomic mass is 10.0. The van der Waals surface area contributed by atoms with Gasteiger partial charge in [-0.3, -0.25) is 4.79 Å². The molecule has 0 aromatic heterocycles. The first-order chi connectivity index (χ1) is 13.5. The normalized spacial score (nSPS) is 16.5. The molecule has 1 amide bonds. The van der Waals surface area contributed by atoms with Crippen LogP contribution in [0.2, 0.25) is 5.02 Å². The van der Waals surface area contributed by atoms with Crippen LogP contribution in [0.4, 0.5) is 5.69 Å². The van der Waals surface area contributed by atoms with Crippen LogP contribution < -0.4 is 5.32 Å². The number of rotatable bonds is 3. The zero-order valence-electron chi connectivity index (χ0n) is 15.1. The number of halogens is 1. The zero-order chi connectivity index (χ0) is 19.7. The molecule has 6 heteroatoms. The van der Waals surface area contributed by atoms with E-state index in [1.807, 2.05) is 36.4 Å². The molecule has 4 rings (SSSR count). The van der Waals surface area contributed by atoms with E-state index in [-0.39, 0.29) is 11.7 Å². The number of aromatic hydroxyl groups is 1. The van der Waals surface area contributed by atoms with Gasteiger partial charge in [0.1, 0.15) is 5.75 Å². The Kier molecular flexibility index (Phi) is 4.75. The Labute approximate surface area is 167 Å². The second-order valence-corrected chi connectivity index (χ2v) is 6.93. The van der Waals surface area contributed by atoms with Crippen LogP contribution in [0, 0.1) is 0 Å². The zero-order valence-corrected chi connectivity index (χ0v) is 15.9. The lowest BCUT2D eigenvalue weighted by Gasteiger charge is -2.35. The Morgan fingerprint density at radius 1 is 1.04 bits per heavy atom. The fraction of sp³-hybridized carbons (Fsp3) is 0.0909. The highest BCUT2D eigenvalue weighted by molar-refractivity contribution is 6.30. The van der Waals surface area contributed by atoms with E-state index in [4.69, 9.17) is 11.6 Å². The van der Waals surface area contributed by atoms with Crippen molar-refractivity contribution in [3.8, 4) is 5.75 Å². The average Bonchev–Trinajstić information content (AvgIpc) is 2.71. The summed E-state index contributed by atoms with van der Waals surface area (Å²) >= 11 is 6.02. The van der Waals surface area contributed by atoms with Gasteiger partial charge in [0.2, 0.25) is 0 Å². The highest BCUT2D eigenvalue weighted by atomic mass is 35.5. The van der Waals surface area contributed by atoms with Gasteiger partial charge in [-0.2, -0.15) is 5.10 Å². The fourth-order valence-electron chi connectivity index (χ4n) is 3.21. The summed E-state index contributed by atoms with van der Waals surface area (Å²) in [7, 11) is 0. The van der Waals surface area contributed by atoms with E-state index in [1.54, 1.807) is 43.3 Å². The van der Waals surface area contributed by atoms with Crippen LogP contribution in [0.1, 0.15) is 34.6 Å². The molecule has 28 heavy (non-hydrogen) atoms. The van der Waals surface area contributed by atoms with Crippen molar-refractivity contribution in [1.82, 2.24) is 5.01 Å². The van der Waals surface area contributed by atoms with Crippen LogP contribution in [0.25, 0.3) is 0 Å². The molecule has 1 aliphatic rings. The smallest absolute Gasteiger partial charge is 0.278 e. The average molecular weight is 392 g/mol. The highest BCUT2D eigenvalue weighted by Gasteiger charge is 2.33. The summed E-state index contributed by atoms with van der Waals surface area (Å²) in [6, 6.07) is 21.5. The molecular weight excluding hydrogens is 374 g/mol. The molecule has 0 radical (unpaired) electrons. The molecule has 2 N–H and O–H groups in total. The van der Waals surface area contributed by atoms with Crippen molar-refractivity contribution in [2.24, 2.45) is 5.10 Å². The number of para-hydroxylation sites is 2. The molecule has 3 aromatic carbocycles. The third-order valence-corrected chi connectivity index (χ3v) is 4.89. The van der Waals surface area contributed by atoms with Crippen molar-refractivity contribution in [2.45, 2.75) is 13.1 Å². The first-order valence-corrected chi connectivity index (χ1v) is 9.20. The number of hydrazone groups is 1. The summed E-state index contributed by atoms with van der Waals surface area (Å²) in [6.07, 6.45) is -0.500. The SMILES string of the molecule is CC(=NN1C(=O)c2ccccc2NC1c1ccc(Cl)cc1)c1ccccc1O. The van der Waals surface area contributed by atoms with Gasteiger partial charge in [-0.15, -0.1) is 0 Å². The summed E-state index contributed by atoms with van der Waals surface area (Å²) in [5.74, 6) is -0.103. The molecule has 0 aliphatic carbocycles. The number of carbonyl (C=O) groups is 1. The van der Waals surface area contributed by atoms with Crippen molar-refractivity contribution < 1.29 is 9.90 Å². The Balaban J connectivity index is 1.81. The van der Waals surface area contributed by atoms with Crippen molar-refractivity contribution in [3.05, 3.63) is 94.5 Å². The molecule has 5 nitrogen and oxygen atoms in total. The monoisotopic (exact) mass is 391 g/mol. The van der Waals surface area contributed by atoms with E-state index in [2.05, 4.69) is 10.4 Å². The highest BCUT2D eigenvalue weighted by Crippen LogP contribution is 2.34. The summed E-state index contributed by atoms with van der Waals surface area (Å²) in [6.45, 7) is 1.77. The molecule has 140 valence electrons. The minimum Gasteiger partial charge on any atom is -0.507 e. The number of anilines is 1. The van der Waals surface area contributed by atoms with Gasteiger partial charge < -0.3 is 10.4 Å².